The maximum atomic E-state index is 14.3. The number of thiophene rings is 1. The average Bonchev–Trinajstić information content (AvgIpc) is 3.82. The molecule has 7 aromatic rings. The second-order valence-electron chi connectivity index (χ2n) is 16.7. The zero-order valence-electron chi connectivity index (χ0n) is 36.3. The number of aliphatic hydroxyl groups excluding tert-OH is 1. The number of esters is 1. The number of piperidine rings is 1. The number of aromatic amines is 1. The number of alkyl halides is 3. The second-order valence-corrected chi connectivity index (χ2v) is 17.9. The van der Waals surface area contributed by atoms with Crippen molar-refractivity contribution in [3.8, 4) is 16.2 Å². The van der Waals surface area contributed by atoms with Crippen LogP contribution in [0.5, 0.6) is 5.75 Å². The highest BCUT2D eigenvalue weighted by Crippen LogP contribution is 2.37. The highest BCUT2D eigenvalue weighted by Gasteiger charge is 2.42. The summed E-state index contributed by atoms with van der Waals surface area (Å²) >= 11 is 1.34. The van der Waals surface area contributed by atoms with Gasteiger partial charge in [-0.25, -0.2) is 4.79 Å². The van der Waals surface area contributed by atoms with Crippen LogP contribution in [0.1, 0.15) is 67.6 Å². The monoisotopic (exact) mass is 930 g/mol. The van der Waals surface area contributed by atoms with Crippen LogP contribution < -0.4 is 16.2 Å². The molecule has 0 bridgehead atoms. The molecule has 0 saturated carbocycles. The highest BCUT2D eigenvalue weighted by atomic mass is 32.1. The number of ether oxygens (including phenoxy) is 1. The zero-order chi connectivity index (χ0) is 47.1. The lowest BCUT2D eigenvalue weighted by Crippen LogP contribution is -2.40. The fourth-order valence-electron chi connectivity index (χ4n) is 8.47. The minimum Gasteiger partial charge on any atom is -0.506 e. The zero-order valence-corrected chi connectivity index (χ0v) is 37.1. The van der Waals surface area contributed by atoms with Crippen molar-refractivity contribution >= 4 is 34.1 Å². The van der Waals surface area contributed by atoms with Crippen molar-refractivity contribution in [3.05, 3.63) is 194 Å². The van der Waals surface area contributed by atoms with Crippen LogP contribution in [0.15, 0.2) is 144 Å². The number of aliphatic hydroxyl groups is 2. The number of aromatic nitrogens is 1. The topological polar surface area (TPSA) is 164 Å². The first-order valence-corrected chi connectivity index (χ1v) is 22.7. The third-order valence-corrected chi connectivity index (χ3v) is 13.3. The van der Waals surface area contributed by atoms with Crippen LogP contribution in [0.25, 0.3) is 21.3 Å². The number of benzene rings is 5. The van der Waals surface area contributed by atoms with E-state index in [0.29, 0.717) is 32.5 Å². The number of nitrogens with zero attached hydrogens (tertiary/aromatic N) is 1. The van der Waals surface area contributed by atoms with E-state index in [4.69, 9.17) is 4.74 Å². The molecule has 0 aliphatic carbocycles. The number of carbonyl (C=O) groups is 2. The minimum atomic E-state index is -4.79. The summed E-state index contributed by atoms with van der Waals surface area (Å²) in [5.41, 5.74) is -0.755. The van der Waals surface area contributed by atoms with Crippen LogP contribution in [-0.4, -0.2) is 63.3 Å². The molecule has 346 valence electrons. The number of hydrogen-bond donors (Lipinski definition) is 6. The van der Waals surface area contributed by atoms with Crippen molar-refractivity contribution in [1.82, 2.24) is 20.5 Å². The predicted molar refractivity (Wildman–Crippen MR) is 250 cm³/mol. The Hall–Kier alpha value is -6.62. The van der Waals surface area contributed by atoms with Crippen molar-refractivity contribution in [3.63, 3.8) is 0 Å². The molecule has 0 spiro atoms. The minimum absolute atomic E-state index is 0.0248. The SMILES string of the molecule is O=C(NCc1ccc(-c2cccc(C(O)(C(=O)OCC3CCN(Cc4ccccc4)CC3)c3ccccc3)c2)s1)c1ccc(CNCC(O)c2ccc(O)c3[nH]c(=O)ccc23)c(C(F)(F)F)c1. The summed E-state index contributed by atoms with van der Waals surface area (Å²) in [5.74, 6) is -1.51. The van der Waals surface area contributed by atoms with E-state index in [1.165, 1.54) is 53.3 Å². The van der Waals surface area contributed by atoms with Crippen molar-refractivity contribution in [2.24, 2.45) is 5.92 Å². The van der Waals surface area contributed by atoms with E-state index in [1.807, 2.05) is 30.3 Å². The number of amides is 1. The molecular formula is C52H49F3N4O7S. The Bertz CT molecular complexity index is 2900. The number of H-pyrrole nitrogens is 1. The van der Waals surface area contributed by atoms with Crippen molar-refractivity contribution in [2.45, 2.75) is 50.4 Å². The van der Waals surface area contributed by atoms with Crippen LogP contribution in [0.2, 0.25) is 0 Å². The molecule has 1 saturated heterocycles. The van der Waals surface area contributed by atoms with Gasteiger partial charge < -0.3 is 35.7 Å². The van der Waals surface area contributed by atoms with Crippen molar-refractivity contribution in [1.29, 1.82) is 0 Å². The molecule has 5 aromatic carbocycles. The number of pyridine rings is 1. The Balaban J connectivity index is 0.893. The van der Waals surface area contributed by atoms with E-state index < -0.39 is 40.9 Å². The lowest BCUT2D eigenvalue weighted by molar-refractivity contribution is -0.164. The van der Waals surface area contributed by atoms with Crippen LogP contribution in [-0.2, 0) is 40.9 Å². The van der Waals surface area contributed by atoms with Crippen LogP contribution >= 0.6 is 11.3 Å². The van der Waals surface area contributed by atoms with Crippen molar-refractivity contribution < 1.29 is 42.8 Å². The number of halogens is 3. The standard InChI is InChI=1S/C52H49F3N4O7S/c53-52(54,55)43-27-36(14-15-37(43)28-56-30-45(61)41-17-19-44(60)48-42(41)18-21-47(62)58-48)49(63)57-29-40-16-20-46(67-40)35-10-7-13-39(26-35)51(65,38-11-5-2-6-12-38)50(64)66-32-34-22-24-59(25-23-34)31-33-8-3-1-4-9-33/h1-21,26-27,34,45,56,60-61,65H,22-25,28-32H2,(H,57,63)(H,58,62). The Morgan fingerprint density at radius 2 is 1.57 bits per heavy atom. The van der Waals surface area contributed by atoms with E-state index in [1.54, 1.807) is 54.6 Å². The van der Waals surface area contributed by atoms with E-state index in [9.17, 15) is 42.9 Å². The fourth-order valence-corrected chi connectivity index (χ4v) is 9.41. The molecule has 11 nitrogen and oxygen atoms in total. The van der Waals surface area contributed by atoms with Gasteiger partial charge in [-0.05, 0) is 102 Å². The van der Waals surface area contributed by atoms with Gasteiger partial charge in [0.1, 0.15) is 5.75 Å². The van der Waals surface area contributed by atoms with Gasteiger partial charge in [0, 0.05) is 52.0 Å². The molecule has 6 N–H and O–H groups in total. The second kappa shape index (κ2) is 20.5. The first kappa shape index (κ1) is 46.9. The Morgan fingerprint density at radius 3 is 2.31 bits per heavy atom. The highest BCUT2D eigenvalue weighted by molar-refractivity contribution is 7.15. The normalized spacial score (nSPS) is 14.9. The number of likely N-dealkylation sites (tertiary alicyclic amines) is 1. The molecule has 0 radical (unpaired) electrons. The van der Waals surface area contributed by atoms with Gasteiger partial charge in [0.2, 0.25) is 11.2 Å². The Kier molecular flexibility index (Phi) is 14.3. The summed E-state index contributed by atoms with van der Waals surface area (Å²) in [6.45, 7) is 2.40. The average molecular weight is 931 g/mol. The van der Waals surface area contributed by atoms with Gasteiger partial charge >= 0.3 is 12.1 Å². The van der Waals surface area contributed by atoms with E-state index in [-0.39, 0.29) is 54.6 Å². The molecule has 1 aliphatic rings. The Labute approximate surface area is 388 Å². The lowest BCUT2D eigenvalue weighted by Gasteiger charge is -2.33. The van der Waals surface area contributed by atoms with E-state index in [0.717, 1.165) is 43.4 Å². The van der Waals surface area contributed by atoms with Gasteiger partial charge in [0.05, 0.1) is 30.3 Å². The summed E-state index contributed by atoms with van der Waals surface area (Å²) in [4.78, 5) is 45.4. The molecule has 67 heavy (non-hydrogen) atoms. The van der Waals surface area contributed by atoms with Gasteiger partial charge in [-0.3, -0.25) is 14.5 Å². The van der Waals surface area contributed by atoms with Gasteiger partial charge in [-0.15, -0.1) is 11.3 Å². The number of phenols is 1. The number of nitrogens with one attached hydrogen (secondary N) is 3. The van der Waals surface area contributed by atoms with Crippen LogP contribution in [0.3, 0.4) is 0 Å². The number of hydrogen-bond acceptors (Lipinski definition) is 10. The maximum Gasteiger partial charge on any atom is 0.416 e. The number of phenolic OH excluding ortho intramolecular Hbond substituents is 1. The molecule has 1 amide bonds. The molecule has 2 atom stereocenters. The van der Waals surface area contributed by atoms with Gasteiger partial charge in [0.25, 0.3) is 5.91 Å². The smallest absolute Gasteiger partial charge is 0.416 e. The molecule has 8 rings (SSSR count). The third kappa shape index (κ3) is 11.0. The largest absolute Gasteiger partial charge is 0.506 e. The first-order chi connectivity index (χ1) is 32.3. The number of aromatic hydroxyl groups is 1. The summed E-state index contributed by atoms with van der Waals surface area (Å²) in [7, 11) is 0. The Morgan fingerprint density at radius 1 is 0.836 bits per heavy atom. The molecule has 15 heteroatoms. The fraction of sp³-hybridized carbons (Fsp3) is 0.250. The molecule has 2 aromatic heterocycles. The first-order valence-electron chi connectivity index (χ1n) is 21.9. The lowest BCUT2D eigenvalue weighted by atomic mass is 9.85. The molecule has 1 fully saturated rings. The van der Waals surface area contributed by atoms with Gasteiger partial charge in [0.15, 0.2) is 0 Å². The summed E-state index contributed by atoms with van der Waals surface area (Å²) < 4.78 is 48.9. The predicted octanol–water partition coefficient (Wildman–Crippen LogP) is 8.43. The molecule has 1 aliphatic heterocycles. The van der Waals surface area contributed by atoms with Crippen molar-refractivity contribution in [2.75, 3.05) is 26.2 Å². The molecule has 2 unspecified atom stereocenters. The van der Waals surface area contributed by atoms with E-state index in [2.05, 4.69) is 32.7 Å². The summed E-state index contributed by atoms with van der Waals surface area (Å²) in [6, 6.07) is 38.4. The van der Waals surface area contributed by atoms with E-state index >= 15 is 0 Å². The third-order valence-electron chi connectivity index (χ3n) is 12.1. The van der Waals surface area contributed by atoms with Crippen LogP contribution in [0, 0.1) is 5.92 Å². The maximum absolute atomic E-state index is 14.3. The number of carbonyl (C=O) groups excluding carboxylic acids is 2. The quantitative estimate of drug-likeness (QED) is 0.0523. The molecular weight excluding hydrogens is 882 g/mol. The molecule has 3 heterocycles. The van der Waals surface area contributed by atoms with Gasteiger partial charge in [-0.2, -0.15) is 13.2 Å². The summed E-state index contributed by atoms with van der Waals surface area (Å²) in [6.07, 6.45) is -4.25. The summed E-state index contributed by atoms with van der Waals surface area (Å²) in [5, 5.41) is 39.3. The number of fused-ring (bicyclic) bond motifs is 1. The van der Waals surface area contributed by atoms with Crippen LogP contribution in [0.4, 0.5) is 13.2 Å². The van der Waals surface area contributed by atoms with Gasteiger partial charge in [-0.1, -0.05) is 91.0 Å². The number of rotatable bonds is 16.